The fraction of sp³-hybridized carbons (Fsp3) is 1.00. The molecule has 46 valence electrons. The van der Waals surface area contributed by atoms with Crippen LogP contribution in [-0.4, -0.2) is 6.54 Å². The molecule has 0 amide bonds. The van der Waals surface area contributed by atoms with Gasteiger partial charge in [0.1, 0.15) is 0 Å². The monoisotopic (exact) mass is 124 g/mol. The Morgan fingerprint density at radius 2 is 2.14 bits per heavy atom. The number of halogens is 1. The van der Waals surface area contributed by atoms with Crippen molar-refractivity contribution in [3.63, 3.8) is 0 Å². The van der Waals surface area contributed by atoms with E-state index in [9.17, 15) is 0 Å². The number of hydrogen-bond acceptors (Lipinski definition) is 1. The normalized spacial score (nSPS) is 7.71. The van der Waals surface area contributed by atoms with Crippen molar-refractivity contribution < 1.29 is 18.2 Å². The molecule has 0 aromatic carbocycles. The molecular formula is C4H13ClN2. The van der Waals surface area contributed by atoms with E-state index in [1.165, 1.54) is 12.8 Å². The summed E-state index contributed by atoms with van der Waals surface area (Å²) < 4.78 is 0. The zero-order valence-electron chi connectivity index (χ0n) is 4.71. The highest BCUT2D eigenvalue weighted by Crippen LogP contribution is 1.78. The van der Waals surface area contributed by atoms with Crippen LogP contribution in [0, 0.1) is 0 Å². The zero-order valence-corrected chi connectivity index (χ0v) is 5.46. The first kappa shape index (κ1) is 10.2. The van der Waals surface area contributed by atoms with Gasteiger partial charge in [-0.2, -0.15) is 5.43 Å². The predicted octanol–water partition coefficient (Wildman–Crippen LogP) is -3.46. The van der Waals surface area contributed by atoms with Crippen molar-refractivity contribution in [3.05, 3.63) is 0 Å². The highest BCUT2D eigenvalue weighted by atomic mass is 35.5. The molecule has 0 radical (unpaired) electrons. The van der Waals surface area contributed by atoms with Crippen molar-refractivity contribution in [2.75, 3.05) is 6.54 Å². The summed E-state index contributed by atoms with van der Waals surface area (Å²) in [6.45, 7) is 3.22. The molecule has 0 aliphatic carbocycles. The number of nitrogens with one attached hydrogen (secondary N) is 1. The fourth-order valence-electron chi connectivity index (χ4n) is 0.302. The molecule has 0 bridgehead atoms. The van der Waals surface area contributed by atoms with Crippen LogP contribution in [0.15, 0.2) is 0 Å². The van der Waals surface area contributed by atoms with Crippen molar-refractivity contribution in [2.45, 2.75) is 19.8 Å². The Morgan fingerprint density at radius 1 is 1.57 bits per heavy atom. The Labute approximate surface area is 50.8 Å². The lowest BCUT2D eigenvalue weighted by Gasteiger charge is -1.86. The summed E-state index contributed by atoms with van der Waals surface area (Å²) >= 11 is 0. The first-order valence-corrected chi connectivity index (χ1v) is 2.41. The fourth-order valence-corrected chi connectivity index (χ4v) is 0.302. The average Bonchev–Trinajstić information content (AvgIpc) is 1.61. The van der Waals surface area contributed by atoms with E-state index >= 15 is 0 Å². The quantitative estimate of drug-likeness (QED) is 0.298. The van der Waals surface area contributed by atoms with Crippen LogP contribution in [0.5, 0.6) is 0 Å². The largest absolute Gasteiger partial charge is 1.00 e. The molecule has 0 rings (SSSR count). The summed E-state index contributed by atoms with van der Waals surface area (Å²) in [6, 6.07) is 0. The summed E-state index contributed by atoms with van der Waals surface area (Å²) in [7, 11) is 0. The third-order valence-corrected chi connectivity index (χ3v) is 0.707. The van der Waals surface area contributed by atoms with Crippen molar-refractivity contribution >= 4 is 0 Å². The van der Waals surface area contributed by atoms with Gasteiger partial charge in [-0.1, -0.05) is 13.3 Å². The van der Waals surface area contributed by atoms with Crippen LogP contribution in [0.3, 0.4) is 0 Å². The van der Waals surface area contributed by atoms with Crippen LogP contribution in [0.25, 0.3) is 0 Å². The summed E-state index contributed by atoms with van der Waals surface area (Å²) in [5, 5.41) is 0. The number of unbranched alkanes of at least 4 members (excludes halogenated alkanes) is 1. The van der Waals surface area contributed by atoms with Crippen molar-refractivity contribution in [2.24, 2.45) is 0 Å². The van der Waals surface area contributed by atoms with E-state index in [0.717, 1.165) is 6.54 Å². The van der Waals surface area contributed by atoms with Crippen LogP contribution in [-0.2, 0) is 0 Å². The third kappa shape index (κ3) is 10.7. The molecule has 0 aliphatic heterocycles. The topological polar surface area (TPSA) is 39.7 Å². The predicted molar refractivity (Wildman–Crippen MR) is 25.8 cm³/mol. The van der Waals surface area contributed by atoms with Gasteiger partial charge >= 0.3 is 0 Å². The average molecular weight is 125 g/mol. The first-order valence-electron chi connectivity index (χ1n) is 2.41. The minimum Gasteiger partial charge on any atom is -1.00 e. The van der Waals surface area contributed by atoms with E-state index in [4.69, 9.17) is 0 Å². The van der Waals surface area contributed by atoms with Crippen LogP contribution in [0.2, 0.25) is 0 Å². The van der Waals surface area contributed by atoms with Crippen LogP contribution in [0.4, 0.5) is 0 Å². The van der Waals surface area contributed by atoms with Crippen molar-refractivity contribution in [1.29, 1.82) is 0 Å². The Balaban J connectivity index is 0. The van der Waals surface area contributed by atoms with Gasteiger partial charge in [0.05, 0.1) is 0 Å². The molecule has 0 aromatic heterocycles. The number of rotatable bonds is 3. The lowest BCUT2D eigenvalue weighted by molar-refractivity contribution is -0.442. The minimum atomic E-state index is 0. The Hall–Kier alpha value is 0.210. The van der Waals surface area contributed by atoms with Gasteiger partial charge in [-0.05, 0) is 6.42 Å². The molecule has 0 aromatic rings. The van der Waals surface area contributed by atoms with E-state index in [1.807, 2.05) is 0 Å². The Morgan fingerprint density at radius 3 is 2.29 bits per heavy atom. The standard InChI is InChI=1S/C4H12N2.ClH/c1-2-3-4-6-5;/h6H,2-5H2,1H3;1H. The van der Waals surface area contributed by atoms with Gasteiger partial charge in [0.2, 0.25) is 0 Å². The summed E-state index contributed by atoms with van der Waals surface area (Å²) in [5.41, 5.74) is 2.82. The van der Waals surface area contributed by atoms with Gasteiger partial charge in [-0.15, -0.1) is 0 Å². The van der Waals surface area contributed by atoms with Gasteiger partial charge in [0.15, 0.2) is 0 Å². The highest BCUT2D eigenvalue weighted by Gasteiger charge is 1.75. The van der Waals surface area contributed by atoms with E-state index in [2.05, 4.69) is 18.2 Å². The maximum Gasteiger partial charge on any atom is 0.0443 e. The molecule has 0 heterocycles. The first-order chi connectivity index (χ1) is 2.91. The Kier molecular flexibility index (Phi) is 13.9. The molecular weight excluding hydrogens is 112 g/mol. The molecule has 0 aliphatic rings. The lowest BCUT2D eigenvalue weighted by atomic mass is 10.3. The smallest absolute Gasteiger partial charge is 0.0443 e. The lowest BCUT2D eigenvalue weighted by Crippen LogP contribution is -3.00. The zero-order chi connectivity index (χ0) is 4.83. The molecule has 0 unspecified atom stereocenters. The number of quaternary nitrogens is 1. The molecule has 0 atom stereocenters. The molecule has 0 saturated carbocycles. The van der Waals surface area contributed by atoms with Crippen LogP contribution >= 0.6 is 0 Å². The summed E-state index contributed by atoms with van der Waals surface area (Å²) in [4.78, 5) is 0. The molecule has 0 spiro atoms. The molecule has 2 nitrogen and oxygen atoms in total. The van der Waals surface area contributed by atoms with E-state index in [0.29, 0.717) is 0 Å². The van der Waals surface area contributed by atoms with Crippen LogP contribution in [0.1, 0.15) is 19.8 Å². The maximum atomic E-state index is 3.47. The molecule has 0 saturated heterocycles. The van der Waals surface area contributed by atoms with E-state index < -0.39 is 0 Å². The minimum absolute atomic E-state index is 0. The van der Waals surface area contributed by atoms with E-state index in [-0.39, 0.29) is 12.4 Å². The van der Waals surface area contributed by atoms with E-state index in [1.54, 1.807) is 0 Å². The van der Waals surface area contributed by atoms with Crippen molar-refractivity contribution in [3.8, 4) is 0 Å². The summed E-state index contributed by atoms with van der Waals surface area (Å²) in [6.07, 6.45) is 2.49. The second-order valence-electron chi connectivity index (χ2n) is 1.35. The van der Waals surface area contributed by atoms with Gasteiger partial charge < -0.3 is 12.4 Å². The molecule has 4 N–H and O–H groups in total. The second-order valence-corrected chi connectivity index (χ2v) is 1.35. The Bertz CT molecular complexity index is 21.7. The second kappa shape index (κ2) is 9.51. The van der Waals surface area contributed by atoms with Crippen LogP contribution < -0.4 is 23.7 Å². The highest BCUT2D eigenvalue weighted by molar-refractivity contribution is 4.30. The third-order valence-electron chi connectivity index (χ3n) is 0.707. The van der Waals surface area contributed by atoms with Gasteiger partial charge in [0.25, 0.3) is 0 Å². The van der Waals surface area contributed by atoms with Gasteiger partial charge in [-0.25, -0.2) is 0 Å². The summed E-state index contributed by atoms with van der Waals surface area (Å²) in [5.74, 6) is 3.47. The van der Waals surface area contributed by atoms with Gasteiger partial charge in [0, 0.05) is 6.54 Å². The number of hydrogen-bond donors (Lipinski definition) is 2. The maximum absolute atomic E-state index is 3.47. The molecule has 3 heteroatoms. The van der Waals surface area contributed by atoms with Gasteiger partial charge in [-0.3, -0.25) is 5.84 Å². The molecule has 0 fully saturated rings. The SMILES string of the molecule is CCCCN[NH3+].[Cl-]. The van der Waals surface area contributed by atoms with Crippen molar-refractivity contribution in [1.82, 2.24) is 5.43 Å². The molecule has 7 heavy (non-hydrogen) atoms.